The van der Waals surface area contributed by atoms with E-state index in [1.165, 1.54) is 6.07 Å². The van der Waals surface area contributed by atoms with Crippen LogP contribution in [0.15, 0.2) is 10.9 Å². The molecule has 0 saturated carbocycles. The molecule has 0 fully saturated rings. The largest absolute Gasteiger partial charge is 0.289 e. The molecule has 15 heavy (non-hydrogen) atoms. The summed E-state index contributed by atoms with van der Waals surface area (Å²) < 4.78 is 0.875. The van der Waals surface area contributed by atoms with E-state index in [9.17, 15) is 14.9 Å². The third kappa shape index (κ3) is 1.64. The molecule has 1 aromatic carbocycles. The summed E-state index contributed by atoms with van der Waals surface area (Å²) in [5.41, 5.74) is 0.629. The summed E-state index contributed by atoms with van der Waals surface area (Å²) in [5, 5.41) is 11.1. The van der Waals surface area contributed by atoms with Crippen molar-refractivity contribution in [3.63, 3.8) is 0 Å². The van der Waals surface area contributed by atoms with Gasteiger partial charge in [0, 0.05) is 6.07 Å². The van der Waals surface area contributed by atoms with Crippen LogP contribution in [0.3, 0.4) is 0 Å². The van der Waals surface area contributed by atoms with E-state index in [4.69, 9.17) is 11.6 Å². The van der Waals surface area contributed by atoms with Crippen molar-refractivity contribution >= 4 is 49.4 Å². The maximum atomic E-state index is 11.2. The summed E-state index contributed by atoms with van der Waals surface area (Å²) in [6, 6.07) is 1.29. The van der Waals surface area contributed by atoms with Crippen LogP contribution in [0.2, 0.25) is 5.02 Å². The predicted octanol–water partition coefficient (Wildman–Crippen LogP) is 3.19. The lowest BCUT2D eigenvalue weighted by Crippen LogP contribution is -1.89. The normalized spacial score (nSPS) is 10.8. The molecule has 1 heterocycles. The Hall–Kier alpha value is -0.980. The number of nitrogens with zero attached hydrogens (tertiary/aromatic N) is 1. The van der Waals surface area contributed by atoms with E-state index >= 15 is 0 Å². The monoisotopic (exact) mass is 261 g/mol. The first-order chi connectivity index (χ1) is 7.00. The molecule has 4 nitrogen and oxygen atoms in total. The Labute approximate surface area is 96.9 Å². The second-order valence-corrected chi connectivity index (χ2v) is 5.50. The van der Waals surface area contributed by atoms with Crippen LogP contribution in [0.1, 0.15) is 5.56 Å². The van der Waals surface area contributed by atoms with Gasteiger partial charge in [0.2, 0.25) is 0 Å². The highest BCUT2D eigenvalue weighted by atomic mass is 35.5. The molecule has 0 atom stereocenters. The van der Waals surface area contributed by atoms with E-state index < -0.39 is 4.92 Å². The molecule has 0 unspecified atom stereocenters. The number of hydrogen-bond donors (Lipinski definition) is 0. The van der Waals surface area contributed by atoms with Crippen molar-refractivity contribution in [1.29, 1.82) is 0 Å². The van der Waals surface area contributed by atoms with Gasteiger partial charge in [-0.25, -0.2) is 0 Å². The maximum Gasteiger partial charge on any atom is 0.289 e. The third-order valence-electron chi connectivity index (χ3n) is 1.97. The van der Waals surface area contributed by atoms with Crippen molar-refractivity contribution in [2.24, 2.45) is 0 Å². The van der Waals surface area contributed by atoms with Gasteiger partial charge < -0.3 is 0 Å². The van der Waals surface area contributed by atoms with Crippen LogP contribution < -0.4 is 4.06 Å². The lowest BCUT2D eigenvalue weighted by molar-refractivity contribution is -0.382. The predicted molar refractivity (Wildman–Crippen MR) is 62.4 cm³/mol. The molecule has 0 spiro atoms. The SMILES string of the molecule is Cc1c(Cl)cc([N+](=O)[O-])c2sc(=O)sc12. The number of non-ortho nitro benzene ring substituents is 1. The van der Waals surface area contributed by atoms with Gasteiger partial charge in [0.05, 0.1) is 14.6 Å². The van der Waals surface area contributed by atoms with Gasteiger partial charge in [0.15, 0.2) is 0 Å². The van der Waals surface area contributed by atoms with Gasteiger partial charge in [0.25, 0.3) is 9.74 Å². The van der Waals surface area contributed by atoms with Gasteiger partial charge >= 0.3 is 0 Å². The minimum Gasteiger partial charge on any atom is -0.265 e. The van der Waals surface area contributed by atoms with E-state index in [1.54, 1.807) is 6.92 Å². The van der Waals surface area contributed by atoms with E-state index in [2.05, 4.69) is 0 Å². The van der Waals surface area contributed by atoms with Crippen LogP contribution in [0.5, 0.6) is 0 Å². The molecule has 0 aliphatic heterocycles. The first-order valence-electron chi connectivity index (χ1n) is 3.88. The Bertz CT molecular complexity index is 616. The lowest BCUT2D eigenvalue weighted by atomic mass is 10.2. The van der Waals surface area contributed by atoms with Gasteiger partial charge in [-0.1, -0.05) is 34.3 Å². The molecule has 0 aliphatic rings. The molecule has 0 N–H and O–H groups in total. The average molecular weight is 262 g/mol. The van der Waals surface area contributed by atoms with Crippen LogP contribution in [0.4, 0.5) is 5.69 Å². The van der Waals surface area contributed by atoms with E-state index in [0.717, 1.165) is 28.2 Å². The van der Waals surface area contributed by atoms with Crippen molar-refractivity contribution in [2.45, 2.75) is 6.92 Å². The number of fused-ring (bicyclic) bond motifs is 1. The lowest BCUT2D eigenvalue weighted by Gasteiger charge is -1.99. The average Bonchev–Trinajstić information content (AvgIpc) is 2.53. The van der Waals surface area contributed by atoms with Crippen LogP contribution >= 0.6 is 34.3 Å². The molecule has 0 bridgehead atoms. The molecular formula is C8H4ClNO3S2. The minimum absolute atomic E-state index is 0.0936. The number of halogens is 1. The number of aryl methyl sites for hydroxylation is 1. The van der Waals surface area contributed by atoms with Crippen LogP contribution in [-0.2, 0) is 0 Å². The number of benzene rings is 1. The van der Waals surface area contributed by atoms with E-state index in [0.29, 0.717) is 14.4 Å². The highest BCUT2D eigenvalue weighted by Gasteiger charge is 2.19. The van der Waals surface area contributed by atoms with Crippen LogP contribution in [0, 0.1) is 17.0 Å². The van der Waals surface area contributed by atoms with Crippen molar-refractivity contribution in [1.82, 2.24) is 0 Å². The molecule has 2 aromatic rings. The number of rotatable bonds is 1. The molecule has 0 radical (unpaired) electrons. The standard InChI is InChI=1S/C8H4ClNO3S2/c1-3-4(9)2-5(10(12)13)7-6(3)14-8(11)15-7/h2H,1H3. The zero-order chi connectivity index (χ0) is 11.2. The molecule has 7 heteroatoms. The highest BCUT2D eigenvalue weighted by molar-refractivity contribution is 7.36. The Morgan fingerprint density at radius 2 is 2.00 bits per heavy atom. The zero-order valence-corrected chi connectivity index (χ0v) is 9.83. The van der Waals surface area contributed by atoms with Crippen LogP contribution in [-0.4, -0.2) is 4.92 Å². The Morgan fingerprint density at radius 1 is 1.40 bits per heavy atom. The van der Waals surface area contributed by atoms with Crippen LogP contribution in [0.25, 0.3) is 9.40 Å². The first-order valence-corrected chi connectivity index (χ1v) is 5.89. The Morgan fingerprint density at radius 3 is 2.60 bits per heavy atom. The fourth-order valence-corrected chi connectivity index (χ4v) is 3.68. The topological polar surface area (TPSA) is 60.2 Å². The number of nitro benzene ring substituents is 1. The molecule has 1 aromatic heterocycles. The summed E-state index contributed by atoms with van der Waals surface area (Å²) in [5.74, 6) is 0. The summed E-state index contributed by atoms with van der Waals surface area (Å²) in [6.45, 7) is 1.75. The van der Waals surface area contributed by atoms with Crippen molar-refractivity contribution in [3.05, 3.63) is 35.6 Å². The fourth-order valence-electron chi connectivity index (χ4n) is 1.23. The van der Waals surface area contributed by atoms with E-state index in [1.807, 2.05) is 0 Å². The molecule has 2 rings (SSSR count). The summed E-state index contributed by atoms with van der Waals surface area (Å²) >= 11 is 7.74. The fraction of sp³-hybridized carbons (Fsp3) is 0.125. The highest BCUT2D eigenvalue weighted by Crippen LogP contribution is 2.37. The van der Waals surface area contributed by atoms with Gasteiger partial charge in [-0.3, -0.25) is 14.9 Å². The van der Waals surface area contributed by atoms with Gasteiger partial charge in [-0.2, -0.15) is 0 Å². The smallest absolute Gasteiger partial charge is 0.265 e. The first kappa shape index (κ1) is 10.5. The Balaban J connectivity index is 3.00. The third-order valence-corrected chi connectivity index (χ3v) is 4.66. The van der Waals surface area contributed by atoms with Crippen molar-refractivity contribution in [3.8, 4) is 0 Å². The van der Waals surface area contributed by atoms with E-state index in [-0.39, 0.29) is 9.74 Å². The van der Waals surface area contributed by atoms with Gasteiger partial charge in [0.1, 0.15) is 4.70 Å². The summed E-state index contributed by atoms with van der Waals surface area (Å²) in [7, 11) is 0. The van der Waals surface area contributed by atoms with Crippen molar-refractivity contribution in [2.75, 3.05) is 0 Å². The molecular weight excluding hydrogens is 258 g/mol. The Kier molecular flexibility index (Phi) is 2.49. The number of hydrogen-bond acceptors (Lipinski definition) is 5. The summed E-state index contributed by atoms with van der Waals surface area (Å²) in [4.78, 5) is 21.4. The quantitative estimate of drug-likeness (QED) is 0.585. The number of nitro groups is 1. The van der Waals surface area contributed by atoms with Gasteiger partial charge in [-0.05, 0) is 12.5 Å². The summed E-state index contributed by atoms with van der Waals surface area (Å²) in [6.07, 6.45) is 0. The second-order valence-electron chi connectivity index (χ2n) is 2.87. The van der Waals surface area contributed by atoms with Gasteiger partial charge in [-0.15, -0.1) is 0 Å². The van der Waals surface area contributed by atoms with Crippen molar-refractivity contribution < 1.29 is 4.92 Å². The second kappa shape index (κ2) is 3.55. The molecule has 0 saturated heterocycles. The maximum absolute atomic E-state index is 11.2. The minimum atomic E-state index is -0.518. The zero-order valence-electron chi connectivity index (χ0n) is 7.44. The molecule has 0 amide bonds. The molecule has 0 aliphatic carbocycles. The molecule has 78 valence electrons.